The molecule has 1 aromatic heterocycles. The van der Waals surface area contributed by atoms with Gasteiger partial charge in [-0.15, -0.1) is 11.3 Å². The summed E-state index contributed by atoms with van der Waals surface area (Å²) in [4.78, 5) is 12.8. The second-order valence-electron chi connectivity index (χ2n) is 3.86. The molecule has 0 saturated carbocycles. The SMILES string of the molecule is Cc1cc(C(=O)c2cc(C)c(Cl)s2)ccc1Cl. The summed E-state index contributed by atoms with van der Waals surface area (Å²) in [7, 11) is 0. The first-order valence-electron chi connectivity index (χ1n) is 5.06. The molecule has 0 amide bonds. The Kier molecular flexibility index (Phi) is 3.57. The molecule has 0 fully saturated rings. The Bertz CT molecular complexity index is 568. The van der Waals surface area contributed by atoms with E-state index in [2.05, 4.69) is 0 Å². The van der Waals surface area contributed by atoms with Gasteiger partial charge in [-0.05, 0) is 49.2 Å². The molecule has 1 heterocycles. The summed E-state index contributed by atoms with van der Waals surface area (Å²) in [5, 5.41) is 0.668. The molecule has 0 aliphatic rings. The van der Waals surface area contributed by atoms with Crippen molar-refractivity contribution in [1.82, 2.24) is 0 Å². The lowest BCUT2D eigenvalue weighted by Gasteiger charge is -2.01. The van der Waals surface area contributed by atoms with Gasteiger partial charge >= 0.3 is 0 Å². The first kappa shape index (κ1) is 12.6. The molecule has 4 heteroatoms. The molecule has 0 radical (unpaired) electrons. The van der Waals surface area contributed by atoms with Gasteiger partial charge in [0.15, 0.2) is 0 Å². The van der Waals surface area contributed by atoms with Crippen molar-refractivity contribution in [2.24, 2.45) is 0 Å². The number of hydrogen-bond donors (Lipinski definition) is 0. The summed E-state index contributed by atoms with van der Waals surface area (Å²) in [5.41, 5.74) is 2.48. The van der Waals surface area contributed by atoms with E-state index in [4.69, 9.17) is 23.2 Å². The highest BCUT2D eigenvalue weighted by Crippen LogP contribution is 2.29. The summed E-state index contributed by atoms with van der Waals surface area (Å²) >= 11 is 13.2. The Morgan fingerprint density at radius 2 is 1.82 bits per heavy atom. The second kappa shape index (κ2) is 4.81. The van der Waals surface area contributed by atoms with Crippen LogP contribution in [-0.4, -0.2) is 5.78 Å². The molecular weight excluding hydrogens is 275 g/mol. The van der Waals surface area contributed by atoms with E-state index in [0.717, 1.165) is 11.1 Å². The Hall–Kier alpha value is -0.830. The monoisotopic (exact) mass is 284 g/mol. The van der Waals surface area contributed by atoms with Gasteiger partial charge in [-0.25, -0.2) is 0 Å². The number of rotatable bonds is 2. The normalized spacial score (nSPS) is 10.6. The predicted molar refractivity (Wildman–Crippen MR) is 73.7 cm³/mol. The van der Waals surface area contributed by atoms with Crippen LogP contribution in [0.25, 0.3) is 0 Å². The van der Waals surface area contributed by atoms with E-state index >= 15 is 0 Å². The lowest BCUT2D eigenvalue weighted by atomic mass is 10.1. The molecule has 17 heavy (non-hydrogen) atoms. The van der Waals surface area contributed by atoms with E-state index in [1.807, 2.05) is 19.9 Å². The van der Waals surface area contributed by atoms with Gasteiger partial charge in [-0.3, -0.25) is 4.79 Å². The molecule has 1 aromatic carbocycles. The summed E-state index contributed by atoms with van der Waals surface area (Å²) in [6.45, 7) is 3.77. The number of benzene rings is 1. The standard InChI is InChI=1S/C13H10Cl2OS/c1-7-5-9(3-4-10(7)14)12(16)11-6-8(2)13(15)17-11/h3-6H,1-2H3. The molecular formula is C13H10Cl2OS. The third kappa shape index (κ3) is 2.54. The molecule has 0 aliphatic heterocycles. The highest BCUT2D eigenvalue weighted by Gasteiger charge is 2.14. The quantitative estimate of drug-likeness (QED) is 0.717. The highest BCUT2D eigenvalue weighted by atomic mass is 35.5. The Labute approximate surface area is 114 Å². The summed E-state index contributed by atoms with van der Waals surface area (Å²) in [5.74, 6) is -0.00948. The van der Waals surface area contributed by atoms with E-state index in [1.54, 1.807) is 18.2 Å². The van der Waals surface area contributed by atoms with Gasteiger partial charge in [0.05, 0.1) is 9.21 Å². The number of aryl methyl sites for hydroxylation is 2. The Balaban J connectivity index is 2.40. The minimum atomic E-state index is -0.00948. The molecule has 0 unspecified atom stereocenters. The van der Waals surface area contributed by atoms with Crippen LogP contribution >= 0.6 is 34.5 Å². The molecule has 0 aliphatic carbocycles. The molecule has 0 N–H and O–H groups in total. The van der Waals surface area contributed by atoms with Gasteiger partial charge in [-0.2, -0.15) is 0 Å². The van der Waals surface area contributed by atoms with Gasteiger partial charge in [0.25, 0.3) is 0 Å². The molecule has 0 atom stereocenters. The molecule has 0 spiro atoms. The topological polar surface area (TPSA) is 17.1 Å². The zero-order valence-corrected chi connectivity index (χ0v) is 11.7. The fraction of sp³-hybridized carbons (Fsp3) is 0.154. The number of hydrogen-bond acceptors (Lipinski definition) is 2. The maximum absolute atomic E-state index is 12.2. The molecule has 0 saturated heterocycles. The van der Waals surface area contributed by atoms with Crippen LogP contribution in [0.4, 0.5) is 0 Å². The fourth-order valence-corrected chi connectivity index (χ4v) is 2.78. The maximum atomic E-state index is 12.2. The molecule has 2 aromatic rings. The van der Waals surface area contributed by atoms with Crippen LogP contribution in [0.3, 0.4) is 0 Å². The van der Waals surface area contributed by atoms with Crippen LogP contribution in [0, 0.1) is 13.8 Å². The van der Waals surface area contributed by atoms with Crippen LogP contribution in [0.2, 0.25) is 9.36 Å². The lowest BCUT2D eigenvalue weighted by Crippen LogP contribution is -1.98. The van der Waals surface area contributed by atoms with Crippen LogP contribution < -0.4 is 0 Å². The number of ketones is 1. The third-order valence-corrected chi connectivity index (χ3v) is 4.48. The smallest absolute Gasteiger partial charge is 0.203 e. The number of thiophene rings is 1. The highest BCUT2D eigenvalue weighted by molar-refractivity contribution is 7.18. The van der Waals surface area contributed by atoms with Crippen molar-refractivity contribution in [2.45, 2.75) is 13.8 Å². The minimum Gasteiger partial charge on any atom is -0.288 e. The van der Waals surface area contributed by atoms with E-state index in [1.165, 1.54) is 11.3 Å². The largest absolute Gasteiger partial charge is 0.288 e. The molecule has 1 nitrogen and oxygen atoms in total. The lowest BCUT2D eigenvalue weighted by molar-refractivity contribution is 0.104. The average Bonchev–Trinajstić information content (AvgIpc) is 2.62. The number of carbonyl (C=O) groups excluding carboxylic acids is 1. The van der Waals surface area contributed by atoms with Crippen LogP contribution in [0.1, 0.15) is 26.4 Å². The van der Waals surface area contributed by atoms with Gasteiger partial charge in [0.2, 0.25) is 5.78 Å². The summed E-state index contributed by atoms with van der Waals surface area (Å²) < 4.78 is 0.666. The van der Waals surface area contributed by atoms with Crippen molar-refractivity contribution < 1.29 is 4.79 Å². The Morgan fingerprint density at radius 3 is 2.35 bits per heavy atom. The molecule has 88 valence electrons. The second-order valence-corrected chi connectivity index (χ2v) is 5.92. The number of halogens is 2. The van der Waals surface area contributed by atoms with Crippen LogP contribution in [-0.2, 0) is 0 Å². The molecule has 2 rings (SSSR count). The zero-order chi connectivity index (χ0) is 12.6. The van der Waals surface area contributed by atoms with E-state index in [0.29, 0.717) is 19.8 Å². The van der Waals surface area contributed by atoms with E-state index < -0.39 is 0 Å². The predicted octanol–water partition coefficient (Wildman–Crippen LogP) is 4.90. The fourth-order valence-electron chi connectivity index (χ4n) is 1.50. The maximum Gasteiger partial charge on any atom is 0.203 e. The van der Waals surface area contributed by atoms with Crippen molar-refractivity contribution in [3.05, 3.63) is 55.2 Å². The summed E-state index contributed by atoms with van der Waals surface area (Å²) in [6, 6.07) is 7.10. The van der Waals surface area contributed by atoms with Gasteiger partial charge < -0.3 is 0 Å². The zero-order valence-electron chi connectivity index (χ0n) is 9.38. The minimum absolute atomic E-state index is 0.00948. The van der Waals surface area contributed by atoms with Crippen molar-refractivity contribution in [1.29, 1.82) is 0 Å². The first-order valence-corrected chi connectivity index (χ1v) is 6.63. The first-order chi connectivity index (χ1) is 7.99. The summed E-state index contributed by atoms with van der Waals surface area (Å²) in [6.07, 6.45) is 0. The van der Waals surface area contributed by atoms with Crippen LogP contribution in [0.15, 0.2) is 24.3 Å². The van der Waals surface area contributed by atoms with Crippen molar-refractivity contribution in [3.63, 3.8) is 0 Å². The average molecular weight is 285 g/mol. The number of carbonyl (C=O) groups is 1. The van der Waals surface area contributed by atoms with E-state index in [9.17, 15) is 4.79 Å². The van der Waals surface area contributed by atoms with Gasteiger partial charge in [0.1, 0.15) is 0 Å². The molecule has 0 bridgehead atoms. The van der Waals surface area contributed by atoms with Crippen LogP contribution in [0.5, 0.6) is 0 Å². The van der Waals surface area contributed by atoms with Gasteiger partial charge in [0, 0.05) is 10.6 Å². The Morgan fingerprint density at radius 1 is 1.12 bits per heavy atom. The van der Waals surface area contributed by atoms with E-state index in [-0.39, 0.29) is 5.78 Å². The third-order valence-electron chi connectivity index (χ3n) is 2.50. The van der Waals surface area contributed by atoms with Crippen molar-refractivity contribution >= 4 is 40.3 Å². The van der Waals surface area contributed by atoms with Gasteiger partial charge in [-0.1, -0.05) is 23.2 Å². The van der Waals surface area contributed by atoms with Crippen molar-refractivity contribution in [3.8, 4) is 0 Å². The van der Waals surface area contributed by atoms with Crippen molar-refractivity contribution in [2.75, 3.05) is 0 Å².